The van der Waals surface area contributed by atoms with E-state index in [1.165, 1.54) is 11.8 Å². The molecule has 4 atom stereocenters. The number of alkyl halides is 1. The normalized spacial score (nSPS) is 23.8. The van der Waals surface area contributed by atoms with Gasteiger partial charge in [0, 0.05) is 68.3 Å². The summed E-state index contributed by atoms with van der Waals surface area (Å²) in [5.41, 5.74) is 2.27. The van der Waals surface area contributed by atoms with E-state index in [0.717, 1.165) is 22.9 Å². The van der Waals surface area contributed by atoms with E-state index in [1.54, 1.807) is 19.4 Å². The van der Waals surface area contributed by atoms with Gasteiger partial charge in [-0.05, 0) is 48.4 Å². The molecule has 3 aromatic rings. The quantitative estimate of drug-likeness (QED) is 0.413. The second-order valence-corrected chi connectivity index (χ2v) is 13.7. The third-order valence-corrected chi connectivity index (χ3v) is 9.17. The van der Waals surface area contributed by atoms with Gasteiger partial charge >= 0.3 is 0 Å². The van der Waals surface area contributed by atoms with Crippen LogP contribution in [0.15, 0.2) is 36.7 Å². The Morgan fingerprint density at radius 3 is 2.65 bits per heavy atom. The van der Waals surface area contributed by atoms with E-state index < -0.39 is 16.0 Å². The molecule has 11 heteroatoms. The Bertz CT molecular complexity index is 1470. The average molecular weight is 571 g/mol. The largest absolute Gasteiger partial charge is 0.381 e. The minimum atomic E-state index is -3.02. The molecule has 0 unspecified atom stereocenters. The van der Waals surface area contributed by atoms with Crippen molar-refractivity contribution in [2.24, 2.45) is 5.92 Å². The summed E-state index contributed by atoms with van der Waals surface area (Å²) in [5.74, 6) is 2.34. The lowest BCUT2D eigenvalue weighted by Gasteiger charge is -2.48. The number of fused-ring (bicyclic) bond motifs is 1. The number of halogens is 1. The van der Waals surface area contributed by atoms with Crippen molar-refractivity contribution in [3.63, 3.8) is 0 Å². The fourth-order valence-electron chi connectivity index (χ4n) is 5.86. The van der Waals surface area contributed by atoms with Crippen molar-refractivity contribution in [1.82, 2.24) is 15.0 Å². The van der Waals surface area contributed by atoms with E-state index in [1.807, 2.05) is 17.2 Å². The van der Waals surface area contributed by atoms with Crippen LogP contribution < -0.4 is 15.1 Å². The molecule has 40 heavy (non-hydrogen) atoms. The molecule has 9 nitrogen and oxygen atoms in total. The van der Waals surface area contributed by atoms with Crippen molar-refractivity contribution in [1.29, 1.82) is 0 Å². The highest BCUT2D eigenvalue weighted by Gasteiger charge is 2.38. The number of benzene rings is 1. The molecule has 2 saturated heterocycles. The maximum absolute atomic E-state index is 14.5. The van der Waals surface area contributed by atoms with Gasteiger partial charge in [0.25, 0.3) is 0 Å². The predicted molar refractivity (Wildman–Crippen MR) is 158 cm³/mol. The number of aromatic nitrogens is 3. The number of methoxy groups -OCH3 is 1. The Labute approximate surface area is 236 Å². The fraction of sp³-hybridized carbons (Fsp3) is 0.552. The molecule has 0 spiro atoms. The monoisotopic (exact) mass is 570 g/mol. The summed E-state index contributed by atoms with van der Waals surface area (Å²) >= 11 is 0. The number of ether oxygens (including phenoxy) is 1. The molecular formula is C29H39FN6O3S. The van der Waals surface area contributed by atoms with Crippen molar-refractivity contribution in [3.05, 3.63) is 42.2 Å². The van der Waals surface area contributed by atoms with Crippen LogP contribution >= 0.6 is 0 Å². The van der Waals surface area contributed by atoms with Gasteiger partial charge in [-0.3, -0.25) is 0 Å². The molecule has 216 valence electrons. The predicted octanol–water partition coefficient (Wildman–Crippen LogP) is 4.71. The van der Waals surface area contributed by atoms with E-state index >= 15 is 0 Å². The maximum atomic E-state index is 14.5. The molecule has 0 radical (unpaired) electrons. The molecule has 2 aliphatic rings. The van der Waals surface area contributed by atoms with Gasteiger partial charge < -0.3 is 19.9 Å². The van der Waals surface area contributed by atoms with Gasteiger partial charge in [-0.1, -0.05) is 19.9 Å². The fourth-order valence-corrected chi connectivity index (χ4v) is 7.02. The van der Waals surface area contributed by atoms with Crippen molar-refractivity contribution >= 4 is 43.9 Å². The summed E-state index contributed by atoms with van der Waals surface area (Å²) < 4.78 is 43.6. The first-order chi connectivity index (χ1) is 19.0. The molecule has 4 heterocycles. The van der Waals surface area contributed by atoms with Gasteiger partial charge in [0.05, 0.1) is 18.4 Å². The van der Waals surface area contributed by atoms with Crippen LogP contribution in [0.5, 0.6) is 0 Å². The molecule has 0 saturated carbocycles. The minimum Gasteiger partial charge on any atom is -0.381 e. The van der Waals surface area contributed by atoms with Gasteiger partial charge in [-0.2, -0.15) is 4.98 Å². The number of nitrogens with one attached hydrogen (secondary N) is 1. The highest BCUT2D eigenvalue weighted by atomic mass is 32.2. The molecular weight excluding hydrogens is 531 g/mol. The minimum absolute atomic E-state index is 0.104. The van der Waals surface area contributed by atoms with Crippen LogP contribution in [0.4, 0.5) is 27.7 Å². The van der Waals surface area contributed by atoms with Crippen LogP contribution in [0.3, 0.4) is 0 Å². The summed E-state index contributed by atoms with van der Waals surface area (Å²) in [6, 6.07) is 8.24. The van der Waals surface area contributed by atoms with E-state index in [-0.39, 0.29) is 30.4 Å². The Kier molecular flexibility index (Phi) is 8.15. The van der Waals surface area contributed by atoms with Crippen molar-refractivity contribution in [3.8, 4) is 0 Å². The highest BCUT2D eigenvalue weighted by molar-refractivity contribution is 7.90. The molecule has 1 aromatic carbocycles. The first-order valence-electron chi connectivity index (χ1n) is 13.9. The van der Waals surface area contributed by atoms with Crippen LogP contribution in [-0.4, -0.2) is 80.4 Å². The van der Waals surface area contributed by atoms with Crippen molar-refractivity contribution in [2.75, 3.05) is 53.9 Å². The third kappa shape index (κ3) is 6.15. The number of hydrogen-bond donors (Lipinski definition) is 1. The Morgan fingerprint density at radius 1 is 1.15 bits per heavy atom. The zero-order valence-electron chi connectivity index (χ0n) is 23.8. The Hall–Kier alpha value is -3.05. The summed E-state index contributed by atoms with van der Waals surface area (Å²) in [6.07, 6.45) is 4.84. The molecule has 2 aromatic heterocycles. The Morgan fingerprint density at radius 2 is 1.95 bits per heavy atom. The molecule has 2 fully saturated rings. The SMILES string of the molecule is CO[C@H]1CCN(c2nccc(Nc3cc4c(C(C)C)ccc(N5C[C@H](CS(C)(=O)=O)[C@H]5C)c4cn3)n2)C[C@@H](F)C1. The molecule has 5 rings (SSSR count). The zero-order chi connectivity index (χ0) is 28.6. The molecule has 1 N–H and O–H groups in total. The van der Waals surface area contributed by atoms with E-state index in [9.17, 15) is 12.8 Å². The number of hydrogen-bond acceptors (Lipinski definition) is 9. The molecule has 0 aliphatic carbocycles. The first-order valence-corrected chi connectivity index (χ1v) is 16.0. The average Bonchev–Trinajstić information content (AvgIpc) is 3.10. The summed E-state index contributed by atoms with van der Waals surface area (Å²) in [6.45, 7) is 7.98. The van der Waals surface area contributed by atoms with Crippen LogP contribution in [0.25, 0.3) is 10.8 Å². The lowest BCUT2D eigenvalue weighted by molar-refractivity contribution is 0.0757. The van der Waals surface area contributed by atoms with E-state index in [0.29, 0.717) is 43.0 Å². The second-order valence-electron chi connectivity index (χ2n) is 11.5. The lowest BCUT2D eigenvalue weighted by Crippen LogP contribution is -2.57. The summed E-state index contributed by atoms with van der Waals surface area (Å²) in [4.78, 5) is 17.9. The topological polar surface area (TPSA) is 101 Å². The van der Waals surface area contributed by atoms with Gasteiger partial charge in [0.1, 0.15) is 27.6 Å². The van der Waals surface area contributed by atoms with Crippen molar-refractivity contribution in [2.45, 2.75) is 57.8 Å². The molecule has 0 bridgehead atoms. The summed E-state index contributed by atoms with van der Waals surface area (Å²) in [5, 5.41) is 5.45. The third-order valence-electron chi connectivity index (χ3n) is 8.14. The lowest BCUT2D eigenvalue weighted by atomic mass is 9.88. The van der Waals surface area contributed by atoms with E-state index in [2.05, 4.69) is 53.1 Å². The number of sulfone groups is 1. The van der Waals surface area contributed by atoms with E-state index in [4.69, 9.17) is 9.72 Å². The van der Waals surface area contributed by atoms with Gasteiger partial charge in [0.2, 0.25) is 5.95 Å². The van der Waals surface area contributed by atoms with Crippen LogP contribution in [0.2, 0.25) is 0 Å². The van der Waals surface area contributed by atoms with Crippen LogP contribution in [0, 0.1) is 5.92 Å². The van der Waals surface area contributed by atoms with Gasteiger partial charge in [0.15, 0.2) is 0 Å². The molecule has 0 amide bonds. The number of pyridine rings is 1. The Balaban J connectivity index is 1.40. The zero-order valence-corrected chi connectivity index (χ0v) is 24.7. The smallest absolute Gasteiger partial charge is 0.227 e. The second kappa shape index (κ2) is 11.4. The molecule has 2 aliphatic heterocycles. The maximum Gasteiger partial charge on any atom is 0.227 e. The first kappa shape index (κ1) is 28.5. The van der Waals surface area contributed by atoms with Gasteiger partial charge in [-0.25, -0.2) is 22.8 Å². The number of nitrogens with zero attached hydrogens (tertiary/aromatic N) is 5. The summed E-state index contributed by atoms with van der Waals surface area (Å²) in [7, 11) is -1.40. The number of rotatable bonds is 8. The van der Waals surface area contributed by atoms with Crippen LogP contribution in [-0.2, 0) is 14.6 Å². The highest BCUT2D eigenvalue weighted by Crippen LogP contribution is 2.39. The van der Waals surface area contributed by atoms with Crippen LogP contribution in [0.1, 0.15) is 45.1 Å². The standard InChI is InChI=1S/C29H39FN6O3S/c1-18(2)23-6-7-26(36-15-20(19(36)3)17-40(5,37)38)25-14-32-28(13-24(23)25)33-27-8-10-31-29(34-27)35-11-9-22(39-4)12-21(30)16-35/h6-8,10,13-14,18-22H,9,11-12,15-17H2,1-5H3,(H,31,32,33,34)/t19-,20-,21+,22+/m1/s1. The van der Waals surface area contributed by atoms with Gasteiger partial charge in [-0.15, -0.1) is 0 Å². The van der Waals surface area contributed by atoms with Crippen molar-refractivity contribution < 1.29 is 17.5 Å². The number of anilines is 4.